The third kappa shape index (κ3) is 3.83. The quantitative estimate of drug-likeness (QED) is 0.444. The summed E-state index contributed by atoms with van der Waals surface area (Å²) in [5.74, 6) is -2.79. The monoisotopic (exact) mass is 533 g/mol. The number of aromatic amines is 1. The zero-order valence-corrected chi connectivity index (χ0v) is 19.7. The maximum atomic E-state index is 15.8. The van der Waals surface area contributed by atoms with Gasteiger partial charge in [-0.15, -0.1) is 11.3 Å². The molecule has 0 saturated heterocycles. The van der Waals surface area contributed by atoms with Crippen molar-refractivity contribution in [2.75, 3.05) is 7.11 Å². The van der Waals surface area contributed by atoms with Gasteiger partial charge in [0.1, 0.15) is 17.4 Å². The first-order valence-electron chi connectivity index (χ1n) is 11.3. The number of thiophene rings is 1. The highest BCUT2D eigenvalue weighted by molar-refractivity contribution is 7.15. The van der Waals surface area contributed by atoms with E-state index in [9.17, 15) is 31.5 Å². The number of alkyl halides is 5. The summed E-state index contributed by atoms with van der Waals surface area (Å²) in [6.07, 6.45) is -5.96. The average molecular weight is 533 g/mol. The van der Waals surface area contributed by atoms with Crippen LogP contribution in [0.2, 0.25) is 0 Å². The van der Waals surface area contributed by atoms with E-state index in [-0.39, 0.29) is 34.2 Å². The lowest BCUT2D eigenvalue weighted by Gasteiger charge is -2.29. The van der Waals surface area contributed by atoms with Crippen LogP contribution in [0.3, 0.4) is 0 Å². The number of aryl methyl sites for hydroxylation is 1. The first-order chi connectivity index (χ1) is 17.0. The van der Waals surface area contributed by atoms with E-state index in [4.69, 9.17) is 10.5 Å². The fourth-order valence-corrected chi connectivity index (χ4v) is 6.41. The SMILES string of the molecule is COc1c(-c2cc3c(s2)CCCC3C(N)C(F)(F)F)c(F)c(C(F)F)c2c(=O)[nH]c(=O)n(C3CC3)c12. The number of H-pyrrole nitrogens is 1. The number of methoxy groups -OCH3 is 1. The van der Waals surface area contributed by atoms with Gasteiger partial charge >= 0.3 is 11.9 Å². The molecule has 13 heteroatoms. The number of rotatable bonds is 5. The normalized spacial score (nSPS) is 19.1. The van der Waals surface area contributed by atoms with Crippen molar-refractivity contribution in [2.45, 2.75) is 62.7 Å². The Morgan fingerprint density at radius 3 is 2.50 bits per heavy atom. The smallest absolute Gasteiger partial charge is 0.404 e. The molecule has 6 nitrogen and oxygen atoms in total. The molecule has 1 aromatic carbocycles. The minimum Gasteiger partial charge on any atom is -0.494 e. The van der Waals surface area contributed by atoms with Crippen molar-refractivity contribution < 1.29 is 31.1 Å². The lowest BCUT2D eigenvalue weighted by Crippen LogP contribution is -2.43. The molecule has 2 unspecified atom stereocenters. The molecule has 1 fully saturated rings. The lowest BCUT2D eigenvalue weighted by molar-refractivity contribution is -0.153. The largest absolute Gasteiger partial charge is 0.494 e. The Labute approximate surface area is 203 Å². The second-order valence-electron chi connectivity index (χ2n) is 9.08. The van der Waals surface area contributed by atoms with Gasteiger partial charge in [-0.2, -0.15) is 13.2 Å². The number of fused-ring (bicyclic) bond motifs is 2. The molecule has 0 amide bonds. The van der Waals surface area contributed by atoms with Gasteiger partial charge < -0.3 is 10.5 Å². The first-order valence-corrected chi connectivity index (χ1v) is 12.1. The molecular weight excluding hydrogens is 512 g/mol. The third-order valence-electron chi connectivity index (χ3n) is 6.86. The predicted octanol–water partition coefficient (Wildman–Crippen LogP) is 5.15. The van der Waals surface area contributed by atoms with E-state index in [1.54, 1.807) is 0 Å². The summed E-state index contributed by atoms with van der Waals surface area (Å²) >= 11 is 0.970. The molecule has 2 aromatic heterocycles. The van der Waals surface area contributed by atoms with Gasteiger partial charge in [0.05, 0.1) is 23.6 Å². The van der Waals surface area contributed by atoms with Crippen molar-refractivity contribution in [3.8, 4) is 16.2 Å². The van der Waals surface area contributed by atoms with E-state index in [0.717, 1.165) is 23.0 Å². The number of nitrogens with two attached hydrogens (primary N) is 1. The molecule has 0 radical (unpaired) electrons. The molecule has 3 aromatic rings. The molecule has 2 aliphatic carbocycles. The van der Waals surface area contributed by atoms with E-state index in [0.29, 0.717) is 30.6 Å². The van der Waals surface area contributed by atoms with Gasteiger partial charge in [-0.1, -0.05) is 0 Å². The van der Waals surface area contributed by atoms with Crippen LogP contribution in [0.5, 0.6) is 5.75 Å². The second kappa shape index (κ2) is 8.65. The van der Waals surface area contributed by atoms with Crippen LogP contribution in [0.15, 0.2) is 15.7 Å². The second-order valence-corrected chi connectivity index (χ2v) is 10.2. The minimum atomic E-state index is -4.66. The Hall–Kier alpha value is -2.80. The number of hydrogen-bond acceptors (Lipinski definition) is 5. The summed E-state index contributed by atoms with van der Waals surface area (Å²) in [6.45, 7) is 0. The van der Waals surface area contributed by atoms with Gasteiger partial charge in [-0.3, -0.25) is 14.3 Å². The van der Waals surface area contributed by atoms with Crippen molar-refractivity contribution >= 4 is 22.2 Å². The van der Waals surface area contributed by atoms with Gasteiger partial charge in [0.2, 0.25) is 0 Å². The first kappa shape index (κ1) is 24.9. The number of benzene rings is 1. The van der Waals surface area contributed by atoms with Gasteiger partial charge in [0, 0.05) is 21.7 Å². The van der Waals surface area contributed by atoms with Crippen molar-refractivity contribution in [3.05, 3.63) is 48.7 Å². The van der Waals surface area contributed by atoms with Crippen LogP contribution in [0.1, 0.15) is 60.1 Å². The van der Waals surface area contributed by atoms with E-state index in [1.807, 2.05) is 4.98 Å². The van der Waals surface area contributed by atoms with Gasteiger partial charge in [0.25, 0.3) is 12.0 Å². The summed E-state index contributed by atoms with van der Waals surface area (Å²) in [4.78, 5) is 27.9. The number of nitrogens with zero attached hydrogens (tertiary/aromatic N) is 1. The summed E-state index contributed by atoms with van der Waals surface area (Å²) < 4.78 is 91.0. The maximum absolute atomic E-state index is 15.8. The van der Waals surface area contributed by atoms with E-state index >= 15 is 4.39 Å². The zero-order valence-electron chi connectivity index (χ0n) is 18.8. The lowest BCUT2D eigenvalue weighted by atomic mass is 9.82. The molecule has 2 aliphatic rings. The van der Waals surface area contributed by atoms with Crippen LogP contribution in [-0.4, -0.2) is 28.9 Å². The highest BCUT2D eigenvalue weighted by Gasteiger charge is 2.44. The number of aromatic nitrogens is 2. The van der Waals surface area contributed by atoms with Gasteiger partial charge in [-0.25, -0.2) is 18.0 Å². The molecular formula is C23H21F6N3O3S. The van der Waals surface area contributed by atoms with E-state index < -0.39 is 58.1 Å². The Morgan fingerprint density at radius 2 is 1.92 bits per heavy atom. The maximum Gasteiger partial charge on any atom is 0.404 e. The summed E-state index contributed by atoms with van der Waals surface area (Å²) in [5, 5.41) is -0.687. The van der Waals surface area contributed by atoms with Crippen LogP contribution in [0.4, 0.5) is 26.3 Å². The Morgan fingerprint density at radius 1 is 1.22 bits per heavy atom. The average Bonchev–Trinajstić information content (AvgIpc) is 3.54. The topological polar surface area (TPSA) is 90.1 Å². The summed E-state index contributed by atoms with van der Waals surface area (Å²) in [5.41, 5.74) is 1.93. The molecule has 2 atom stereocenters. The predicted molar refractivity (Wildman–Crippen MR) is 122 cm³/mol. The van der Waals surface area contributed by atoms with Crippen LogP contribution < -0.4 is 21.7 Å². The summed E-state index contributed by atoms with van der Waals surface area (Å²) in [6, 6.07) is -1.19. The molecule has 1 saturated carbocycles. The van der Waals surface area contributed by atoms with Gasteiger partial charge in [0.15, 0.2) is 5.75 Å². The molecule has 0 bridgehead atoms. The molecule has 0 aliphatic heterocycles. The van der Waals surface area contributed by atoms with E-state index in [1.165, 1.54) is 6.07 Å². The molecule has 194 valence electrons. The zero-order chi connectivity index (χ0) is 26.1. The van der Waals surface area contributed by atoms with Crippen LogP contribution in [0.25, 0.3) is 21.3 Å². The number of hydrogen-bond donors (Lipinski definition) is 2. The van der Waals surface area contributed by atoms with Crippen molar-refractivity contribution in [1.29, 1.82) is 0 Å². The van der Waals surface area contributed by atoms with Crippen LogP contribution >= 0.6 is 11.3 Å². The summed E-state index contributed by atoms with van der Waals surface area (Å²) in [7, 11) is 1.15. The Bertz CT molecular complexity index is 1470. The molecule has 0 spiro atoms. The van der Waals surface area contributed by atoms with Crippen molar-refractivity contribution in [3.63, 3.8) is 0 Å². The molecule has 3 N–H and O–H groups in total. The Kier molecular flexibility index (Phi) is 5.98. The highest BCUT2D eigenvalue weighted by atomic mass is 32.1. The van der Waals surface area contributed by atoms with Crippen molar-refractivity contribution in [2.24, 2.45) is 5.73 Å². The highest BCUT2D eigenvalue weighted by Crippen LogP contribution is 2.50. The standard InChI is InChI=1S/C23H21F6N3O3S/c1-35-18-13(12-7-10-9(19(30)23(27,28)29)3-2-4-11(10)36-12)16(24)14(20(25)26)15-17(18)32(8-5-6-8)22(34)31-21(15)33/h7-9,19-20H,2-6,30H2,1H3,(H,31,33,34). The molecule has 2 heterocycles. The molecule has 36 heavy (non-hydrogen) atoms. The third-order valence-corrected chi connectivity index (χ3v) is 8.09. The number of ether oxygens (including phenoxy) is 1. The van der Waals surface area contributed by atoms with Crippen LogP contribution in [-0.2, 0) is 6.42 Å². The fourth-order valence-electron chi connectivity index (χ4n) is 5.10. The fraction of sp³-hybridized carbons (Fsp3) is 0.478. The van der Waals surface area contributed by atoms with E-state index in [2.05, 4.69) is 0 Å². The van der Waals surface area contributed by atoms with Crippen molar-refractivity contribution in [1.82, 2.24) is 9.55 Å². The number of halogens is 6. The Balaban J connectivity index is 1.84. The number of nitrogens with one attached hydrogen (secondary N) is 1. The van der Waals surface area contributed by atoms with Crippen LogP contribution in [0, 0.1) is 5.82 Å². The minimum absolute atomic E-state index is 0.0644. The molecule has 5 rings (SSSR count). The van der Waals surface area contributed by atoms with Gasteiger partial charge in [-0.05, 0) is 43.7 Å².